The summed E-state index contributed by atoms with van der Waals surface area (Å²) in [6.45, 7) is 0. The van der Waals surface area contributed by atoms with Gasteiger partial charge in [-0.05, 0) is 25.0 Å². The Morgan fingerprint density at radius 3 is 2.95 bits per heavy atom. The lowest BCUT2D eigenvalue weighted by Crippen LogP contribution is -2.14. The minimum absolute atomic E-state index is 0.587. The van der Waals surface area contributed by atoms with Gasteiger partial charge < -0.3 is 5.32 Å². The maximum Gasteiger partial charge on any atom is 0.214 e. The fourth-order valence-corrected chi connectivity index (χ4v) is 3.51. The zero-order chi connectivity index (χ0) is 13.4. The summed E-state index contributed by atoms with van der Waals surface area (Å²) in [5.74, 6) is 0. The number of imidazole rings is 1. The molecule has 102 valence electrons. The Morgan fingerprint density at radius 1 is 1.30 bits per heavy atom. The summed E-state index contributed by atoms with van der Waals surface area (Å²) in [5, 5.41) is 9.04. The van der Waals surface area contributed by atoms with Gasteiger partial charge in [0.1, 0.15) is 0 Å². The maximum absolute atomic E-state index is 4.62. The number of fused-ring (bicyclic) bond motifs is 1. The summed E-state index contributed by atoms with van der Waals surface area (Å²) in [6, 6.07) is 4.52. The number of pyridine rings is 1. The highest BCUT2D eigenvalue weighted by molar-refractivity contribution is 7.20. The average molecular weight is 285 g/mol. The molecule has 0 saturated heterocycles. The summed E-state index contributed by atoms with van der Waals surface area (Å²) in [6.07, 6.45) is 10.7. The molecule has 1 saturated carbocycles. The van der Waals surface area contributed by atoms with E-state index in [1.54, 1.807) is 17.5 Å². The van der Waals surface area contributed by atoms with E-state index in [0.717, 1.165) is 21.3 Å². The van der Waals surface area contributed by atoms with E-state index >= 15 is 0 Å². The van der Waals surface area contributed by atoms with Crippen LogP contribution in [-0.4, -0.2) is 25.6 Å². The van der Waals surface area contributed by atoms with Gasteiger partial charge in [0.25, 0.3) is 0 Å². The molecule has 3 aromatic heterocycles. The Morgan fingerprint density at radius 2 is 2.20 bits per heavy atom. The number of nitrogens with zero attached hydrogens (tertiary/aromatic N) is 4. The summed E-state index contributed by atoms with van der Waals surface area (Å²) < 4.78 is 1.85. The third kappa shape index (κ3) is 2.16. The third-order valence-electron chi connectivity index (χ3n) is 3.68. The number of nitrogens with one attached hydrogen (secondary N) is 1. The maximum atomic E-state index is 4.62. The fraction of sp³-hybridized carbons (Fsp3) is 0.357. The molecule has 1 fully saturated rings. The lowest BCUT2D eigenvalue weighted by molar-refractivity contribution is 0.749. The van der Waals surface area contributed by atoms with Gasteiger partial charge in [-0.15, -0.1) is 5.10 Å². The first-order chi connectivity index (χ1) is 9.88. The van der Waals surface area contributed by atoms with Crippen LogP contribution in [0.15, 0.2) is 30.7 Å². The minimum atomic E-state index is 0.587. The highest BCUT2D eigenvalue weighted by Crippen LogP contribution is 2.27. The van der Waals surface area contributed by atoms with Crippen LogP contribution in [0, 0.1) is 0 Å². The minimum Gasteiger partial charge on any atom is -0.357 e. The second kappa shape index (κ2) is 4.86. The van der Waals surface area contributed by atoms with Crippen LogP contribution >= 0.6 is 11.3 Å². The predicted molar refractivity (Wildman–Crippen MR) is 80.0 cm³/mol. The topological polar surface area (TPSA) is 55.1 Å². The van der Waals surface area contributed by atoms with Gasteiger partial charge in [-0.25, -0.2) is 9.50 Å². The monoisotopic (exact) mass is 285 g/mol. The quantitative estimate of drug-likeness (QED) is 0.803. The smallest absolute Gasteiger partial charge is 0.214 e. The first-order valence-electron chi connectivity index (χ1n) is 6.92. The van der Waals surface area contributed by atoms with Crippen molar-refractivity contribution in [1.29, 1.82) is 0 Å². The van der Waals surface area contributed by atoms with Crippen LogP contribution in [0.2, 0.25) is 0 Å². The first-order valence-corrected chi connectivity index (χ1v) is 7.73. The van der Waals surface area contributed by atoms with E-state index in [-0.39, 0.29) is 0 Å². The molecule has 0 aliphatic heterocycles. The Balaban J connectivity index is 1.60. The second-order valence-corrected chi connectivity index (χ2v) is 6.08. The van der Waals surface area contributed by atoms with Gasteiger partial charge in [0, 0.05) is 24.0 Å². The van der Waals surface area contributed by atoms with Crippen molar-refractivity contribution in [1.82, 2.24) is 19.6 Å². The van der Waals surface area contributed by atoms with Crippen molar-refractivity contribution < 1.29 is 0 Å². The van der Waals surface area contributed by atoms with Crippen LogP contribution < -0.4 is 5.32 Å². The fourth-order valence-electron chi connectivity index (χ4n) is 2.66. The molecule has 5 nitrogen and oxygen atoms in total. The molecule has 0 bridgehead atoms. The van der Waals surface area contributed by atoms with Crippen molar-refractivity contribution in [3.63, 3.8) is 0 Å². The number of rotatable bonds is 3. The van der Waals surface area contributed by atoms with Gasteiger partial charge in [0.05, 0.1) is 11.9 Å². The molecule has 0 aromatic carbocycles. The predicted octanol–water partition coefficient (Wildman–Crippen LogP) is 3.21. The average Bonchev–Trinajstić information content (AvgIpc) is 3.16. The van der Waals surface area contributed by atoms with Crippen LogP contribution in [-0.2, 0) is 0 Å². The van der Waals surface area contributed by atoms with Crippen molar-refractivity contribution in [2.45, 2.75) is 31.7 Å². The Hall–Kier alpha value is -1.95. The number of hydrogen-bond acceptors (Lipinski definition) is 5. The zero-order valence-corrected chi connectivity index (χ0v) is 11.8. The van der Waals surface area contributed by atoms with E-state index in [9.17, 15) is 0 Å². The first kappa shape index (κ1) is 11.8. The summed E-state index contributed by atoms with van der Waals surface area (Å²) in [5.41, 5.74) is 1.94. The Labute approximate surface area is 120 Å². The van der Waals surface area contributed by atoms with Gasteiger partial charge in [-0.2, -0.15) is 0 Å². The standard InChI is InChI=1S/C14H15N5S/c1-2-6-11(5-1)16-13-18-19-9-12(17-14(19)20-13)10-4-3-7-15-8-10/h3-4,7-9,11H,1-2,5-6H2,(H,16,18). The third-order valence-corrected chi connectivity index (χ3v) is 4.54. The highest BCUT2D eigenvalue weighted by Gasteiger charge is 2.17. The lowest BCUT2D eigenvalue weighted by Gasteiger charge is -2.08. The molecule has 0 spiro atoms. The summed E-state index contributed by atoms with van der Waals surface area (Å²) in [4.78, 5) is 9.66. The lowest BCUT2D eigenvalue weighted by atomic mass is 10.2. The molecule has 0 atom stereocenters. The van der Waals surface area contributed by atoms with E-state index in [2.05, 4.69) is 20.4 Å². The van der Waals surface area contributed by atoms with Crippen molar-refractivity contribution in [2.24, 2.45) is 0 Å². The zero-order valence-electron chi connectivity index (χ0n) is 11.0. The Bertz CT molecular complexity index is 680. The van der Waals surface area contributed by atoms with Gasteiger partial charge in [0.2, 0.25) is 10.1 Å². The van der Waals surface area contributed by atoms with Crippen LogP contribution in [0.25, 0.3) is 16.2 Å². The largest absolute Gasteiger partial charge is 0.357 e. The molecule has 20 heavy (non-hydrogen) atoms. The van der Waals surface area contributed by atoms with Crippen molar-refractivity contribution in [2.75, 3.05) is 5.32 Å². The SMILES string of the molecule is c1cncc(-c2cn3nc(NC4CCCC4)sc3n2)c1. The molecule has 0 unspecified atom stereocenters. The van der Waals surface area contributed by atoms with E-state index in [1.165, 1.54) is 25.7 Å². The van der Waals surface area contributed by atoms with Crippen LogP contribution in [0.3, 0.4) is 0 Å². The highest BCUT2D eigenvalue weighted by atomic mass is 32.1. The molecular formula is C14H15N5S. The Kier molecular flexibility index (Phi) is 2.88. The van der Waals surface area contributed by atoms with E-state index in [1.807, 2.05) is 29.0 Å². The molecular weight excluding hydrogens is 270 g/mol. The molecule has 1 N–H and O–H groups in total. The van der Waals surface area contributed by atoms with Crippen molar-refractivity contribution in [3.8, 4) is 11.3 Å². The normalized spacial score (nSPS) is 16.0. The molecule has 6 heteroatoms. The molecule has 3 heterocycles. The molecule has 0 radical (unpaired) electrons. The molecule has 4 rings (SSSR count). The van der Waals surface area contributed by atoms with E-state index < -0.39 is 0 Å². The van der Waals surface area contributed by atoms with Crippen molar-refractivity contribution in [3.05, 3.63) is 30.7 Å². The number of anilines is 1. The van der Waals surface area contributed by atoms with Crippen LogP contribution in [0.4, 0.5) is 5.13 Å². The molecule has 1 aliphatic rings. The van der Waals surface area contributed by atoms with Gasteiger partial charge >= 0.3 is 0 Å². The molecule has 3 aromatic rings. The van der Waals surface area contributed by atoms with E-state index in [0.29, 0.717) is 6.04 Å². The van der Waals surface area contributed by atoms with Crippen LogP contribution in [0.1, 0.15) is 25.7 Å². The summed E-state index contributed by atoms with van der Waals surface area (Å²) in [7, 11) is 0. The second-order valence-electron chi connectivity index (χ2n) is 5.13. The van der Waals surface area contributed by atoms with Gasteiger partial charge in [-0.3, -0.25) is 4.98 Å². The molecule has 1 aliphatic carbocycles. The number of aromatic nitrogens is 4. The number of hydrogen-bond donors (Lipinski definition) is 1. The van der Waals surface area contributed by atoms with Crippen molar-refractivity contribution >= 4 is 21.4 Å². The molecule has 0 amide bonds. The van der Waals surface area contributed by atoms with Gasteiger partial charge in [0.15, 0.2) is 0 Å². The van der Waals surface area contributed by atoms with Gasteiger partial charge in [-0.1, -0.05) is 24.2 Å². The van der Waals surface area contributed by atoms with E-state index in [4.69, 9.17) is 0 Å². The summed E-state index contributed by atoms with van der Waals surface area (Å²) >= 11 is 1.61. The van der Waals surface area contributed by atoms with Crippen LogP contribution in [0.5, 0.6) is 0 Å².